The summed E-state index contributed by atoms with van der Waals surface area (Å²) in [6.07, 6.45) is 0.227. The number of benzene rings is 2. The number of rotatable bonds is 4. The van der Waals surface area contributed by atoms with E-state index in [0.29, 0.717) is 17.1 Å². The van der Waals surface area contributed by atoms with Gasteiger partial charge in [0.15, 0.2) is 0 Å². The Kier molecular flexibility index (Phi) is 4.75. The topological polar surface area (TPSA) is 52.9 Å². The number of hydrogen-bond acceptors (Lipinski definition) is 2. The molecule has 0 radical (unpaired) electrons. The highest BCUT2D eigenvalue weighted by Gasteiger charge is 2.10. The molecule has 3 nitrogen and oxygen atoms in total. The Bertz CT molecular complexity index is 644. The standard InChI is InChI=1S/C16H13ClN2O/c17-14-7-5-12(6-8-14)11-19-16(20)15-4-2-1-3-13(15)9-10-18/h1-8H,9,11H2,(H,19,20). The van der Waals surface area contributed by atoms with E-state index in [9.17, 15) is 4.79 Å². The predicted octanol–water partition coefficient (Wildman–Crippen LogP) is 3.34. The van der Waals surface area contributed by atoms with Gasteiger partial charge in [-0.15, -0.1) is 0 Å². The van der Waals surface area contributed by atoms with Gasteiger partial charge in [-0.1, -0.05) is 41.9 Å². The third-order valence-corrected chi connectivity index (χ3v) is 3.15. The minimum atomic E-state index is -0.175. The van der Waals surface area contributed by atoms with Gasteiger partial charge in [0.05, 0.1) is 12.5 Å². The molecule has 0 aromatic heterocycles. The summed E-state index contributed by atoms with van der Waals surface area (Å²) in [5.74, 6) is -0.175. The lowest BCUT2D eigenvalue weighted by atomic mass is 10.0. The van der Waals surface area contributed by atoms with Crippen molar-refractivity contribution in [1.82, 2.24) is 5.32 Å². The van der Waals surface area contributed by atoms with Crippen LogP contribution in [0.3, 0.4) is 0 Å². The van der Waals surface area contributed by atoms with Gasteiger partial charge in [0.25, 0.3) is 5.91 Å². The van der Waals surface area contributed by atoms with E-state index < -0.39 is 0 Å². The molecule has 0 unspecified atom stereocenters. The number of hydrogen-bond donors (Lipinski definition) is 1. The molecule has 0 aliphatic rings. The first-order valence-electron chi connectivity index (χ1n) is 6.18. The molecule has 0 saturated heterocycles. The van der Waals surface area contributed by atoms with Crippen molar-refractivity contribution < 1.29 is 4.79 Å². The second kappa shape index (κ2) is 6.74. The van der Waals surface area contributed by atoms with Crippen LogP contribution in [0.2, 0.25) is 5.02 Å². The first-order valence-corrected chi connectivity index (χ1v) is 6.56. The fourth-order valence-corrected chi connectivity index (χ4v) is 1.99. The normalized spacial score (nSPS) is 9.80. The zero-order chi connectivity index (χ0) is 14.4. The average molecular weight is 285 g/mol. The highest BCUT2D eigenvalue weighted by atomic mass is 35.5. The van der Waals surface area contributed by atoms with Crippen molar-refractivity contribution in [3.8, 4) is 6.07 Å². The second-order valence-electron chi connectivity index (χ2n) is 4.30. The summed E-state index contributed by atoms with van der Waals surface area (Å²) in [7, 11) is 0. The summed E-state index contributed by atoms with van der Waals surface area (Å²) in [6, 6.07) is 16.5. The van der Waals surface area contributed by atoms with Gasteiger partial charge in [-0.25, -0.2) is 0 Å². The molecule has 2 rings (SSSR count). The zero-order valence-corrected chi connectivity index (χ0v) is 11.5. The minimum absolute atomic E-state index is 0.175. The molecule has 2 aromatic carbocycles. The molecule has 0 bridgehead atoms. The van der Waals surface area contributed by atoms with Gasteiger partial charge in [0.2, 0.25) is 0 Å². The quantitative estimate of drug-likeness (QED) is 0.936. The molecule has 1 amide bonds. The van der Waals surface area contributed by atoms with Crippen LogP contribution >= 0.6 is 11.6 Å². The lowest BCUT2D eigenvalue weighted by Gasteiger charge is -2.08. The van der Waals surface area contributed by atoms with E-state index in [-0.39, 0.29) is 12.3 Å². The summed E-state index contributed by atoms with van der Waals surface area (Å²) >= 11 is 5.81. The van der Waals surface area contributed by atoms with Gasteiger partial charge in [0.1, 0.15) is 0 Å². The van der Waals surface area contributed by atoms with Gasteiger partial charge in [-0.2, -0.15) is 5.26 Å². The number of amides is 1. The maximum atomic E-state index is 12.1. The molecule has 20 heavy (non-hydrogen) atoms. The molecular weight excluding hydrogens is 272 g/mol. The van der Waals surface area contributed by atoms with Crippen LogP contribution in [0.1, 0.15) is 21.5 Å². The Morgan fingerprint density at radius 3 is 2.55 bits per heavy atom. The van der Waals surface area contributed by atoms with E-state index in [1.54, 1.807) is 30.3 Å². The predicted molar refractivity (Wildman–Crippen MR) is 78.4 cm³/mol. The second-order valence-corrected chi connectivity index (χ2v) is 4.74. The first-order chi connectivity index (χ1) is 9.70. The third-order valence-electron chi connectivity index (χ3n) is 2.90. The van der Waals surface area contributed by atoms with Crippen LogP contribution in [-0.4, -0.2) is 5.91 Å². The average Bonchev–Trinajstić information content (AvgIpc) is 2.47. The van der Waals surface area contributed by atoms with E-state index in [2.05, 4.69) is 11.4 Å². The molecule has 2 aromatic rings. The van der Waals surface area contributed by atoms with Crippen LogP contribution in [-0.2, 0) is 13.0 Å². The van der Waals surface area contributed by atoms with Gasteiger partial charge in [0, 0.05) is 17.1 Å². The smallest absolute Gasteiger partial charge is 0.251 e. The fraction of sp³-hybridized carbons (Fsp3) is 0.125. The maximum absolute atomic E-state index is 12.1. The van der Waals surface area contributed by atoms with E-state index >= 15 is 0 Å². The summed E-state index contributed by atoms with van der Waals surface area (Å²) in [6.45, 7) is 0.427. The first kappa shape index (κ1) is 14.1. The molecule has 0 saturated carbocycles. The molecule has 100 valence electrons. The molecule has 0 atom stereocenters. The van der Waals surface area contributed by atoms with Crippen molar-refractivity contribution in [3.63, 3.8) is 0 Å². The van der Waals surface area contributed by atoms with Crippen LogP contribution in [0.4, 0.5) is 0 Å². The minimum Gasteiger partial charge on any atom is -0.348 e. The summed E-state index contributed by atoms with van der Waals surface area (Å²) < 4.78 is 0. The van der Waals surface area contributed by atoms with Crippen LogP contribution in [0, 0.1) is 11.3 Å². The van der Waals surface area contributed by atoms with Crippen molar-refractivity contribution in [2.75, 3.05) is 0 Å². The van der Waals surface area contributed by atoms with E-state index in [4.69, 9.17) is 16.9 Å². The number of halogens is 1. The largest absolute Gasteiger partial charge is 0.348 e. The van der Waals surface area contributed by atoms with Crippen LogP contribution in [0.25, 0.3) is 0 Å². The number of nitrogens with one attached hydrogen (secondary N) is 1. The molecule has 0 aliphatic carbocycles. The van der Waals surface area contributed by atoms with Crippen molar-refractivity contribution in [1.29, 1.82) is 5.26 Å². The van der Waals surface area contributed by atoms with Crippen molar-refractivity contribution in [3.05, 3.63) is 70.2 Å². The fourth-order valence-electron chi connectivity index (χ4n) is 1.86. The Hall–Kier alpha value is -2.31. The lowest BCUT2D eigenvalue weighted by Crippen LogP contribution is -2.23. The summed E-state index contributed by atoms with van der Waals surface area (Å²) in [5, 5.41) is 12.3. The van der Waals surface area contributed by atoms with E-state index in [1.165, 1.54) is 0 Å². The van der Waals surface area contributed by atoms with Gasteiger partial charge in [-0.05, 0) is 29.3 Å². The maximum Gasteiger partial charge on any atom is 0.251 e. The number of carbonyl (C=O) groups is 1. The molecule has 1 N–H and O–H groups in total. The Balaban J connectivity index is 2.05. The van der Waals surface area contributed by atoms with Crippen molar-refractivity contribution in [2.45, 2.75) is 13.0 Å². The van der Waals surface area contributed by atoms with E-state index in [0.717, 1.165) is 11.1 Å². The monoisotopic (exact) mass is 284 g/mol. The Morgan fingerprint density at radius 2 is 1.85 bits per heavy atom. The van der Waals surface area contributed by atoms with Crippen molar-refractivity contribution >= 4 is 17.5 Å². The number of nitrogens with zero attached hydrogens (tertiary/aromatic N) is 1. The molecular formula is C16H13ClN2O. The lowest BCUT2D eigenvalue weighted by molar-refractivity contribution is 0.0950. The SMILES string of the molecule is N#CCc1ccccc1C(=O)NCc1ccc(Cl)cc1. The van der Waals surface area contributed by atoms with Gasteiger partial charge in [-0.3, -0.25) is 4.79 Å². The molecule has 0 fully saturated rings. The van der Waals surface area contributed by atoms with Crippen LogP contribution in [0.15, 0.2) is 48.5 Å². The summed E-state index contributed by atoms with van der Waals surface area (Å²) in [5.41, 5.74) is 2.26. The van der Waals surface area contributed by atoms with Crippen LogP contribution < -0.4 is 5.32 Å². The third kappa shape index (κ3) is 3.59. The molecule has 0 heterocycles. The number of nitriles is 1. The number of carbonyl (C=O) groups excluding carboxylic acids is 1. The van der Waals surface area contributed by atoms with Gasteiger partial charge >= 0.3 is 0 Å². The zero-order valence-electron chi connectivity index (χ0n) is 10.8. The van der Waals surface area contributed by atoms with Crippen LogP contribution in [0.5, 0.6) is 0 Å². The highest BCUT2D eigenvalue weighted by Crippen LogP contribution is 2.11. The van der Waals surface area contributed by atoms with Crippen molar-refractivity contribution in [2.24, 2.45) is 0 Å². The summed E-state index contributed by atoms with van der Waals surface area (Å²) in [4.78, 5) is 12.1. The molecule has 0 aliphatic heterocycles. The Morgan fingerprint density at radius 1 is 1.15 bits per heavy atom. The molecule has 4 heteroatoms. The molecule has 0 spiro atoms. The highest BCUT2D eigenvalue weighted by molar-refractivity contribution is 6.30. The van der Waals surface area contributed by atoms with E-state index in [1.807, 2.05) is 18.2 Å². The Labute approximate surface area is 122 Å². The van der Waals surface area contributed by atoms with Gasteiger partial charge < -0.3 is 5.32 Å².